The van der Waals surface area contributed by atoms with Gasteiger partial charge in [0.25, 0.3) is 0 Å². The Bertz CT molecular complexity index is 423. The van der Waals surface area contributed by atoms with Crippen LogP contribution >= 0.6 is 0 Å². The molecule has 18 heavy (non-hydrogen) atoms. The molecular weight excluding hydrogens is 246 g/mol. The number of hydrogen-bond acceptors (Lipinski definition) is 2. The van der Waals surface area contributed by atoms with Gasteiger partial charge < -0.3 is 0 Å². The predicted molar refractivity (Wildman–Crippen MR) is 71.8 cm³/mol. The van der Waals surface area contributed by atoms with Crippen molar-refractivity contribution in [2.45, 2.75) is 38.3 Å². The monoisotopic (exact) mass is 265 g/mol. The van der Waals surface area contributed by atoms with Gasteiger partial charge in [0.05, 0.1) is 6.10 Å². The van der Waals surface area contributed by atoms with Crippen LogP contribution in [0.1, 0.15) is 31.2 Å². The molecular formula is C14H19NO2S. The zero-order chi connectivity index (χ0) is 12.4. The van der Waals surface area contributed by atoms with Crippen LogP contribution in [0, 0.1) is 5.92 Å². The first-order chi connectivity index (χ1) is 8.83. The Balaban J connectivity index is 1.67. The van der Waals surface area contributed by atoms with Crippen LogP contribution in [0.3, 0.4) is 0 Å². The minimum Gasteiger partial charge on any atom is -0.274 e. The second-order valence-electron chi connectivity index (χ2n) is 5.20. The molecule has 3 atom stereocenters. The molecule has 1 aromatic carbocycles. The molecule has 0 amide bonds. The summed E-state index contributed by atoms with van der Waals surface area (Å²) >= 11 is -1.26. The van der Waals surface area contributed by atoms with E-state index in [2.05, 4.69) is 12.1 Å². The average Bonchev–Trinajstić information content (AvgIpc) is 2.41. The summed E-state index contributed by atoms with van der Waals surface area (Å²) in [7, 11) is 0. The van der Waals surface area contributed by atoms with E-state index >= 15 is 0 Å². The smallest absolute Gasteiger partial charge is 0.237 e. The summed E-state index contributed by atoms with van der Waals surface area (Å²) in [5, 5.41) is 0. The molecule has 0 unspecified atom stereocenters. The number of benzene rings is 1. The molecule has 0 spiro atoms. The molecule has 0 bridgehead atoms. The summed E-state index contributed by atoms with van der Waals surface area (Å²) in [6.45, 7) is 1.63. The fourth-order valence-electron chi connectivity index (χ4n) is 2.90. The highest BCUT2D eigenvalue weighted by Crippen LogP contribution is 2.32. The summed E-state index contributed by atoms with van der Waals surface area (Å²) in [4.78, 5) is 0. The minimum atomic E-state index is -1.26. The maximum absolute atomic E-state index is 12.1. The van der Waals surface area contributed by atoms with Crippen LogP contribution in [0.2, 0.25) is 0 Å². The van der Waals surface area contributed by atoms with Gasteiger partial charge in [-0.25, -0.2) is 4.21 Å². The predicted octanol–water partition coefficient (Wildman–Crippen LogP) is 2.66. The average molecular weight is 265 g/mol. The van der Waals surface area contributed by atoms with Crippen molar-refractivity contribution < 1.29 is 8.39 Å². The van der Waals surface area contributed by atoms with E-state index in [0.717, 1.165) is 19.5 Å². The SMILES string of the molecule is O=[S@@]1O[C@@H]2CCCC[C@@H]2CN1Cc1ccccc1. The molecule has 1 saturated heterocycles. The van der Waals surface area contributed by atoms with Gasteiger partial charge in [0.1, 0.15) is 0 Å². The third kappa shape index (κ3) is 2.66. The van der Waals surface area contributed by atoms with E-state index in [-0.39, 0.29) is 6.10 Å². The van der Waals surface area contributed by atoms with Crippen molar-refractivity contribution in [3.8, 4) is 0 Å². The Labute approximate surface area is 111 Å². The number of hydrogen-bond donors (Lipinski definition) is 0. The Morgan fingerprint density at radius 2 is 2.00 bits per heavy atom. The quantitative estimate of drug-likeness (QED) is 0.822. The van der Waals surface area contributed by atoms with E-state index < -0.39 is 11.3 Å². The lowest BCUT2D eigenvalue weighted by atomic mass is 9.86. The molecule has 0 N–H and O–H groups in total. The first-order valence-electron chi connectivity index (χ1n) is 6.71. The van der Waals surface area contributed by atoms with Crippen molar-refractivity contribution in [2.75, 3.05) is 6.54 Å². The zero-order valence-electron chi connectivity index (χ0n) is 10.5. The van der Waals surface area contributed by atoms with Gasteiger partial charge in [-0.2, -0.15) is 4.31 Å². The second-order valence-corrected chi connectivity index (χ2v) is 6.35. The van der Waals surface area contributed by atoms with E-state index in [1.165, 1.54) is 24.8 Å². The molecule has 1 aliphatic heterocycles. The Hall–Kier alpha value is -0.710. The highest BCUT2D eigenvalue weighted by atomic mass is 32.2. The van der Waals surface area contributed by atoms with Crippen LogP contribution < -0.4 is 0 Å². The van der Waals surface area contributed by atoms with Crippen LogP contribution in [-0.2, 0) is 22.0 Å². The van der Waals surface area contributed by atoms with Crippen molar-refractivity contribution in [1.82, 2.24) is 4.31 Å². The van der Waals surface area contributed by atoms with Crippen molar-refractivity contribution in [1.29, 1.82) is 0 Å². The summed E-state index contributed by atoms with van der Waals surface area (Å²) in [6, 6.07) is 10.2. The minimum absolute atomic E-state index is 0.228. The third-order valence-electron chi connectivity index (χ3n) is 3.90. The van der Waals surface area contributed by atoms with Crippen molar-refractivity contribution >= 4 is 11.3 Å². The summed E-state index contributed by atoms with van der Waals surface area (Å²) < 4.78 is 19.7. The summed E-state index contributed by atoms with van der Waals surface area (Å²) in [5.41, 5.74) is 1.20. The Kier molecular flexibility index (Phi) is 3.77. The zero-order valence-corrected chi connectivity index (χ0v) is 11.3. The summed E-state index contributed by atoms with van der Waals surface area (Å²) in [6.07, 6.45) is 5.03. The molecule has 4 heteroatoms. The van der Waals surface area contributed by atoms with Crippen molar-refractivity contribution in [3.63, 3.8) is 0 Å². The fraction of sp³-hybridized carbons (Fsp3) is 0.571. The summed E-state index contributed by atoms with van der Waals surface area (Å²) in [5.74, 6) is 0.570. The van der Waals surface area contributed by atoms with Gasteiger partial charge in [-0.1, -0.05) is 43.2 Å². The lowest BCUT2D eigenvalue weighted by Crippen LogP contribution is -2.46. The molecule has 0 radical (unpaired) electrons. The van der Waals surface area contributed by atoms with Gasteiger partial charge in [0, 0.05) is 19.0 Å². The van der Waals surface area contributed by atoms with Gasteiger partial charge >= 0.3 is 0 Å². The Morgan fingerprint density at radius 3 is 2.83 bits per heavy atom. The molecule has 1 aromatic rings. The Morgan fingerprint density at radius 1 is 1.22 bits per heavy atom. The van der Waals surface area contributed by atoms with Crippen LogP contribution in [0.5, 0.6) is 0 Å². The van der Waals surface area contributed by atoms with Crippen LogP contribution in [0.15, 0.2) is 30.3 Å². The van der Waals surface area contributed by atoms with E-state index in [4.69, 9.17) is 4.18 Å². The molecule has 2 fully saturated rings. The van der Waals surface area contributed by atoms with Gasteiger partial charge in [-0.05, 0) is 18.4 Å². The molecule has 1 aliphatic carbocycles. The number of fused-ring (bicyclic) bond motifs is 1. The van der Waals surface area contributed by atoms with Gasteiger partial charge in [-0.3, -0.25) is 4.18 Å². The molecule has 1 saturated carbocycles. The van der Waals surface area contributed by atoms with Crippen molar-refractivity contribution in [3.05, 3.63) is 35.9 Å². The molecule has 3 rings (SSSR count). The van der Waals surface area contributed by atoms with Gasteiger partial charge in [0.15, 0.2) is 0 Å². The van der Waals surface area contributed by atoms with E-state index in [0.29, 0.717) is 5.92 Å². The first kappa shape index (κ1) is 12.3. The third-order valence-corrected chi connectivity index (χ3v) is 5.01. The maximum Gasteiger partial charge on any atom is 0.237 e. The topological polar surface area (TPSA) is 29.5 Å². The first-order valence-corrected chi connectivity index (χ1v) is 7.74. The van der Waals surface area contributed by atoms with Gasteiger partial charge in [0.2, 0.25) is 11.3 Å². The lowest BCUT2D eigenvalue weighted by Gasteiger charge is -2.39. The number of rotatable bonds is 2. The fourth-order valence-corrected chi connectivity index (χ4v) is 4.06. The molecule has 1 heterocycles. The molecule has 2 aliphatic rings. The van der Waals surface area contributed by atoms with Gasteiger partial charge in [-0.15, -0.1) is 0 Å². The van der Waals surface area contributed by atoms with E-state index in [1.54, 1.807) is 0 Å². The van der Waals surface area contributed by atoms with Crippen LogP contribution in [0.4, 0.5) is 0 Å². The second kappa shape index (κ2) is 5.51. The lowest BCUT2D eigenvalue weighted by molar-refractivity contribution is 0.0557. The van der Waals surface area contributed by atoms with E-state index in [1.807, 2.05) is 22.5 Å². The normalized spacial score (nSPS) is 33.0. The van der Waals surface area contributed by atoms with Crippen LogP contribution in [0.25, 0.3) is 0 Å². The molecule has 98 valence electrons. The van der Waals surface area contributed by atoms with Crippen LogP contribution in [-0.4, -0.2) is 21.2 Å². The largest absolute Gasteiger partial charge is 0.274 e. The van der Waals surface area contributed by atoms with E-state index in [9.17, 15) is 4.21 Å². The number of nitrogens with zero attached hydrogens (tertiary/aromatic N) is 1. The highest BCUT2D eigenvalue weighted by molar-refractivity contribution is 7.77. The highest BCUT2D eigenvalue weighted by Gasteiger charge is 2.36. The molecule has 0 aromatic heterocycles. The standard InChI is InChI=1S/C14H19NO2S/c16-18-15(10-12-6-2-1-3-7-12)11-13-8-4-5-9-14(13)17-18/h1-3,6-7,13-14H,4-5,8-11H2/t13-,14-,18-/m1/s1. The maximum atomic E-state index is 12.1. The molecule has 3 nitrogen and oxygen atoms in total. The van der Waals surface area contributed by atoms with Crippen molar-refractivity contribution in [2.24, 2.45) is 5.92 Å².